The van der Waals surface area contributed by atoms with E-state index in [-0.39, 0.29) is 11.9 Å². The first-order valence-corrected chi connectivity index (χ1v) is 7.81. The fraction of sp³-hybridized carbons (Fsp3) is 0.500. The molecule has 1 aromatic carbocycles. The van der Waals surface area contributed by atoms with E-state index in [1.807, 2.05) is 10.6 Å². The Kier molecular flexibility index (Phi) is 5.00. The van der Waals surface area contributed by atoms with Gasteiger partial charge in [0, 0.05) is 24.2 Å². The molecule has 0 bridgehead atoms. The fourth-order valence-electron chi connectivity index (χ4n) is 2.79. The predicted molar refractivity (Wildman–Crippen MR) is 81.1 cm³/mol. The highest BCUT2D eigenvalue weighted by Gasteiger charge is 2.19. The van der Waals surface area contributed by atoms with E-state index in [1.54, 1.807) is 12.7 Å². The highest BCUT2D eigenvalue weighted by molar-refractivity contribution is 5.37. The number of benzene rings is 1. The Labute approximate surface area is 129 Å². The number of aromatic nitrogens is 3. The van der Waals surface area contributed by atoms with Gasteiger partial charge in [-0.05, 0) is 38.3 Å². The largest absolute Gasteiger partial charge is 0.493 e. The smallest absolute Gasteiger partial charge is 0.126 e. The molecule has 3 rings (SSSR count). The van der Waals surface area contributed by atoms with E-state index in [9.17, 15) is 4.39 Å². The van der Waals surface area contributed by atoms with E-state index in [2.05, 4.69) is 15.5 Å². The first-order valence-electron chi connectivity index (χ1n) is 7.81. The van der Waals surface area contributed by atoms with Gasteiger partial charge in [0.1, 0.15) is 24.2 Å². The van der Waals surface area contributed by atoms with E-state index in [1.165, 1.54) is 12.1 Å². The van der Waals surface area contributed by atoms with Crippen molar-refractivity contribution in [2.45, 2.75) is 38.3 Å². The molecular weight excluding hydrogens is 283 g/mol. The number of halogens is 1. The number of unbranched alkanes of at least 4 members (excludes halogenated alkanes) is 1. The Hall–Kier alpha value is -1.95. The second-order valence-corrected chi connectivity index (χ2v) is 5.59. The minimum atomic E-state index is -0.242. The molecule has 0 radical (unpaired) electrons. The van der Waals surface area contributed by atoms with Crippen LogP contribution in [0.3, 0.4) is 0 Å². The first-order chi connectivity index (χ1) is 10.8. The summed E-state index contributed by atoms with van der Waals surface area (Å²) in [7, 11) is 0. The molecule has 1 N–H and O–H groups in total. The molecule has 2 aromatic rings. The van der Waals surface area contributed by atoms with Crippen LogP contribution in [-0.4, -0.2) is 27.9 Å². The van der Waals surface area contributed by atoms with Gasteiger partial charge in [0.25, 0.3) is 0 Å². The van der Waals surface area contributed by atoms with Gasteiger partial charge in [-0.15, -0.1) is 10.2 Å². The normalized spacial score (nSPS) is 17.6. The second-order valence-electron chi connectivity index (χ2n) is 5.59. The number of hydrogen-bond acceptors (Lipinski definition) is 4. The molecule has 118 valence electrons. The Morgan fingerprint density at radius 2 is 2.14 bits per heavy atom. The summed E-state index contributed by atoms with van der Waals surface area (Å²) < 4.78 is 21.0. The number of nitrogens with one attached hydrogen (secondary N) is 1. The Morgan fingerprint density at radius 3 is 3.00 bits per heavy atom. The van der Waals surface area contributed by atoms with E-state index < -0.39 is 0 Å². The van der Waals surface area contributed by atoms with Crippen molar-refractivity contribution in [1.82, 2.24) is 20.1 Å². The van der Waals surface area contributed by atoms with Crippen molar-refractivity contribution in [3.05, 3.63) is 42.2 Å². The zero-order valence-corrected chi connectivity index (χ0v) is 12.5. The van der Waals surface area contributed by atoms with Crippen molar-refractivity contribution in [3.63, 3.8) is 0 Å². The van der Waals surface area contributed by atoms with Gasteiger partial charge in [-0.1, -0.05) is 6.07 Å². The Bertz CT molecular complexity index is 588. The number of ether oxygens (including phenoxy) is 1. The molecule has 0 aliphatic carbocycles. The van der Waals surface area contributed by atoms with Crippen LogP contribution in [0.25, 0.3) is 0 Å². The maximum Gasteiger partial charge on any atom is 0.126 e. The van der Waals surface area contributed by atoms with Gasteiger partial charge in [0.05, 0.1) is 6.61 Å². The summed E-state index contributed by atoms with van der Waals surface area (Å²) in [6, 6.07) is 5.08. The molecule has 22 heavy (non-hydrogen) atoms. The van der Waals surface area contributed by atoms with Crippen molar-refractivity contribution in [3.8, 4) is 5.75 Å². The number of rotatable bonds is 6. The molecule has 0 saturated heterocycles. The van der Waals surface area contributed by atoms with Gasteiger partial charge in [0.15, 0.2) is 0 Å². The first kappa shape index (κ1) is 15.0. The molecule has 0 fully saturated rings. The van der Waals surface area contributed by atoms with Crippen LogP contribution in [0, 0.1) is 5.82 Å². The van der Waals surface area contributed by atoms with Crippen molar-refractivity contribution < 1.29 is 9.13 Å². The van der Waals surface area contributed by atoms with Crippen LogP contribution in [0.1, 0.15) is 37.3 Å². The van der Waals surface area contributed by atoms with Gasteiger partial charge in [-0.3, -0.25) is 0 Å². The third-order valence-corrected chi connectivity index (χ3v) is 3.95. The zero-order chi connectivity index (χ0) is 15.2. The molecule has 0 amide bonds. The summed E-state index contributed by atoms with van der Waals surface area (Å²) in [5.74, 6) is 0.438. The van der Waals surface area contributed by atoms with Crippen LogP contribution < -0.4 is 10.1 Å². The molecule has 0 saturated carbocycles. The van der Waals surface area contributed by atoms with E-state index >= 15 is 0 Å². The quantitative estimate of drug-likeness (QED) is 0.834. The van der Waals surface area contributed by atoms with Gasteiger partial charge in [0.2, 0.25) is 0 Å². The second kappa shape index (κ2) is 7.35. The van der Waals surface area contributed by atoms with Crippen molar-refractivity contribution in [2.24, 2.45) is 0 Å². The third-order valence-electron chi connectivity index (χ3n) is 3.95. The predicted octanol–water partition coefficient (Wildman–Crippen LogP) is 2.70. The maximum absolute atomic E-state index is 13.3. The summed E-state index contributed by atoms with van der Waals surface area (Å²) in [6.07, 6.45) is 7.62. The van der Waals surface area contributed by atoms with Crippen molar-refractivity contribution in [1.29, 1.82) is 0 Å². The van der Waals surface area contributed by atoms with E-state index in [0.717, 1.165) is 44.3 Å². The number of nitrogens with zero attached hydrogens (tertiary/aromatic N) is 3. The Morgan fingerprint density at radius 1 is 1.27 bits per heavy atom. The lowest BCUT2D eigenvalue weighted by Crippen LogP contribution is -2.22. The molecule has 1 aliphatic rings. The lowest BCUT2D eigenvalue weighted by Gasteiger charge is -2.18. The van der Waals surface area contributed by atoms with Crippen molar-refractivity contribution >= 4 is 0 Å². The van der Waals surface area contributed by atoms with E-state index in [4.69, 9.17) is 4.74 Å². The summed E-state index contributed by atoms with van der Waals surface area (Å²) in [6.45, 7) is 2.52. The molecule has 5 nitrogen and oxygen atoms in total. The average molecular weight is 304 g/mol. The standard InChI is InChI=1S/C16H21FN4O/c17-13-5-6-14-15(4-3-9-22-16(14)10-13)18-7-1-2-8-21-11-19-20-12-21/h5-6,10-12,15,18H,1-4,7-9H2/t15-/m1/s1. The third kappa shape index (κ3) is 3.82. The SMILES string of the molecule is Fc1ccc2c(c1)OCCC[C@H]2NCCCCn1cnnc1. The van der Waals surface area contributed by atoms with Gasteiger partial charge in [-0.25, -0.2) is 4.39 Å². The topological polar surface area (TPSA) is 52.0 Å². The number of aryl methyl sites for hydroxylation is 1. The van der Waals surface area contributed by atoms with Crippen LogP contribution in [-0.2, 0) is 6.54 Å². The summed E-state index contributed by atoms with van der Waals surface area (Å²) >= 11 is 0. The minimum Gasteiger partial charge on any atom is -0.493 e. The summed E-state index contributed by atoms with van der Waals surface area (Å²) in [5, 5.41) is 11.2. The molecule has 1 aliphatic heterocycles. The van der Waals surface area contributed by atoms with Crippen LogP contribution >= 0.6 is 0 Å². The summed E-state index contributed by atoms with van der Waals surface area (Å²) in [4.78, 5) is 0. The molecule has 2 heterocycles. The highest BCUT2D eigenvalue weighted by atomic mass is 19.1. The fourth-order valence-corrected chi connectivity index (χ4v) is 2.79. The van der Waals surface area contributed by atoms with Crippen LogP contribution in [0.2, 0.25) is 0 Å². The Balaban J connectivity index is 1.50. The monoisotopic (exact) mass is 304 g/mol. The number of fused-ring (bicyclic) bond motifs is 1. The lowest BCUT2D eigenvalue weighted by atomic mass is 10.0. The van der Waals surface area contributed by atoms with Gasteiger partial charge < -0.3 is 14.6 Å². The summed E-state index contributed by atoms with van der Waals surface area (Å²) in [5.41, 5.74) is 1.07. The lowest BCUT2D eigenvalue weighted by molar-refractivity contribution is 0.313. The van der Waals surface area contributed by atoms with Crippen molar-refractivity contribution in [2.75, 3.05) is 13.2 Å². The average Bonchev–Trinajstić information content (AvgIpc) is 2.95. The minimum absolute atomic E-state index is 0.242. The van der Waals surface area contributed by atoms with Crippen LogP contribution in [0.4, 0.5) is 4.39 Å². The number of hydrogen-bond donors (Lipinski definition) is 1. The van der Waals surface area contributed by atoms with E-state index in [0.29, 0.717) is 12.4 Å². The van der Waals surface area contributed by atoms with Crippen LogP contribution in [0.5, 0.6) is 5.75 Å². The molecule has 1 atom stereocenters. The van der Waals surface area contributed by atoms with Crippen LogP contribution in [0.15, 0.2) is 30.9 Å². The van der Waals surface area contributed by atoms with Gasteiger partial charge >= 0.3 is 0 Å². The highest BCUT2D eigenvalue weighted by Crippen LogP contribution is 2.31. The molecular formula is C16H21FN4O. The maximum atomic E-state index is 13.3. The molecule has 6 heteroatoms. The van der Waals surface area contributed by atoms with Gasteiger partial charge in [-0.2, -0.15) is 0 Å². The molecule has 1 aromatic heterocycles. The molecule has 0 unspecified atom stereocenters. The molecule has 0 spiro atoms. The zero-order valence-electron chi connectivity index (χ0n) is 12.5.